The highest BCUT2D eigenvalue weighted by molar-refractivity contribution is 9.10. The number of carbonyl (C=O) groups is 2. The molecule has 1 aromatic heterocycles. The Labute approximate surface area is 146 Å². The maximum absolute atomic E-state index is 12.1. The van der Waals surface area contributed by atoms with Crippen LogP contribution in [-0.4, -0.2) is 28.3 Å². The van der Waals surface area contributed by atoms with Gasteiger partial charge in [-0.15, -0.1) is 0 Å². The minimum Gasteiger partial charge on any atom is -0.342 e. The Bertz CT molecular complexity index is 914. The summed E-state index contributed by atoms with van der Waals surface area (Å²) >= 11 is 3.34. The zero-order chi connectivity index (χ0) is 16.9. The number of halogens is 1. The van der Waals surface area contributed by atoms with E-state index in [9.17, 15) is 9.59 Å². The molecule has 0 saturated carbocycles. The molecular weight excluding hydrogens is 372 g/mol. The fraction of sp³-hybridized carbons (Fsp3) is 0.0588. The number of fused-ring (bicyclic) bond motifs is 1. The lowest BCUT2D eigenvalue weighted by molar-refractivity contribution is -0.115. The molecule has 1 heterocycles. The summed E-state index contributed by atoms with van der Waals surface area (Å²) in [6, 6.07) is 14.5. The number of carbonyl (C=O) groups excluding carboxylic acids is 2. The Morgan fingerprint density at radius 2 is 1.71 bits per heavy atom. The van der Waals surface area contributed by atoms with Gasteiger partial charge in [-0.1, -0.05) is 24.3 Å². The fourth-order valence-electron chi connectivity index (χ4n) is 2.07. The van der Waals surface area contributed by atoms with Crippen molar-refractivity contribution in [2.45, 2.75) is 0 Å². The van der Waals surface area contributed by atoms with Crippen molar-refractivity contribution in [2.75, 3.05) is 11.9 Å². The Kier molecular flexibility index (Phi) is 4.81. The molecule has 0 atom stereocenters. The molecule has 3 rings (SSSR count). The van der Waals surface area contributed by atoms with Crippen molar-refractivity contribution >= 4 is 44.5 Å². The summed E-state index contributed by atoms with van der Waals surface area (Å²) in [6.45, 7) is -0.158. The van der Waals surface area contributed by atoms with Crippen molar-refractivity contribution in [3.8, 4) is 0 Å². The lowest BCUT2D eigenvalue weighted by Crippen LogP contribution is -2.33. The van der Waals surface area contributed by atoms with E-state index in [1.54, 1.807) is 12.1 Å². The molecule has 0 saturated heterocycles. The maximum Gasteiger partial charge on any atom is 0.271 e. The maximum atomic E-state index is 12.1. The summed E-state index contributed by atoms with van der Waals surface area (Å²) in [4.78, 5) is 32.5. The predicted octanol–water partition coefficient (Wildman–Crippen LogP) is 2.76. The molecule has 2 amide bonds. The van der Waals surface area contributed by atoms with E-state index in [1.165, 1.54) is 6.20 Å². The van der Waals surface area contributed by atoms with Gasteiger partial charge in [0, 0.05) is 4.47 Å². The van der Waals surface area contributed by atoms with Crippen LogP contribution in [-0.2, 0) is 4.79 Å². The Morgan fingerprint density at radius 3 is 2.50 bits per heavy atom. The van der Waals surface area contributed by atoms with Gasteiger partial charge in [-0.3, -0.25) is 14.6 Å². The average molecular weight is 385 g/mol. The molecule has 2 N–H and O–H groups in total. The van der Waals surface area contributed by atoms with Crippen LogP contribution < -0.4 is 10.6 Å². The van der Waals surface area contributed by atoms with Crippen LogP contribution in [0.1, 0.15) is 10.5 Å². The predicted molar refractivity (Wildman–Crippen MR) is 94.6 cm³/mol. The lowest BCUT2D eigenvalue weighted by atomic mass is 10.3. The van der Waals surface area contributed by atoms with Crippen LogP contribution in [0.15, 0.2) is 59.2 Å². The second kappa shape index (κ2) is 7.18. The summed E-state index contributed by atoms with van der Waals surface area (Å²) in [5, 5.41) is 5.24. The van der Waals surface area contributed by atoms with E-state index in [4.69, 9.17) is 0 Å². The molecule has 0 bridgehead atoms. The molecule has 0 aliphatic carbocycles. The molecule has 2 aromatic carbocycles. The molecule has 0 radical (unpaired) electrons. The average Bonchev–Trinajstić information content (AvgIpc) is 2.61. The fourth-order valence-corrected chi connectivity index (χ4v) is 2.46. The number of aromatic nitrogens is 2. The Hall–Kier alpha value is -2.80. The van der Waals surface area contributed by atoms with Gasteiger partial charge < -0.3 is 10.6 Å². The largest absolute Gasteiger partial charge is 0.342 e. The van der Waals surface area contributed by atoms with Gasteiger partial charge in [0.2, 0.25) is 5.91 Å². The standard InChI is InChI=1S/C17H13BrN4O2/c18-11-5-1-2-6-12(11)22-16(23)10-20-17(24)15-9-19-13-7-3-4-8-14(13)21-15/h1-9H,10H2,(H,20,24)(H,22,23). The van der Waals surface area contributed by atoms with Crippen LogP contribution in [0.3, 0.4) is 0 Å². The van der Waals surface area contributed by atoms with E-state index in [0.717, 1.165) is 4.47 Å². The lowest BCUT2D eigenvalue weighted by Gasteiger charge is -2.08. The highest BCUT2D eigenvalue weighted by Gasteiger charge is 2.11. The van der Waals surface area contributed by atoms with Gasteiger partial charge in [0.25, 0.3) is 5.91 Å². The molecular formula is C17H13BrN4O2. The third-order valence-electron chi connectivity index (χ3n) is 3.24. The molecule has 120 valence electrons. The zero-order valence-electron chi connectivity index (χ0n) is 12.5. The SMILES string of the molecule is O=C(CNC(=O)c1cnc2ccccc2n1)Nc1ccccc1Br. The van der Waals surface area contributed by atoms with Gasteiger partial charge in [-0.25, -0.2) is 4.98 Å². The van der Waals surface area contributed by atoms with E-state index in [0.29, 0.717) is 16.7 Å². The van der Waals surface area contributed by atoms with Gasteiger partial charge in [0.1, 0.15) is 5.69 Å². The van der Waals surface area contributed by atoms with Crippen molar-refractivity contribution in [3.05, 3.63) is 64.9 Å². The second-order valence-corrected chi connectivity index (χ2v) is 5.81. The third kappa shape index (κ3) is 3.75. The molecule has 0 spiro atoms. The van der Waals surface area contributed by atoms with Gasteiger partial charge in [0.05, 0.1) is 29.5 Å². The van der Waals surface area contributed by atoms with Crippen LogP contribution in [0.2, 0.25) is 0 Å². The minimum absolute atomic E-state index is 0.158. The van der Waals surface area contributed by atoms with Crippen molar-refractivity contribution in [2.24, 2.45) is 0 Å². The van der Waals surface area contributed by atoms with Crippen molar-refractivity contribution in [1.29, 1.82) is 0 Å². The molecule has 0 unspecified atom stereocenters. The number of benzene rings is 2. The summed E-state index contributed by atoms with van der Waals surface area (Å²) < 4.78 is 0.769. The molecule has 6 nitrogen and oxygen atoms in total. The first kappa shape index (κ1) is 16.1. The van der Waals surface area contributed by atoms with Gasteiger partial charge >= 0.3 is 0 Å². The van der Waals surface area contributed by atoms with E-state index < -0.39 is 5.91 Å². The summed E-state index contributed by atoms with van der Waals surface area (Å²) in [5.74, 6) is -0.778. The third-order valence-corrected chi connectivity index (χ3v) is 3.93. The number of hydrogen-bond donors (Lipinski definition) is 2. The van der Waals surface area contributed by atoms with Crippen molar-refractivity contribution in [3.63, 3.8) is 0 Å². The number of nitrogens with zero attached hydrogens (tertiary/aromatic N) is 2. The number of amides is 2. The van der Waals surface area contributed by atoms with Gasteiger partial charge in [0.15, 0.2) is 0 Å². The molecule has 0 aliphatic rings. The molecule has 0 fully saturated rings. The zero-order valence-corrected chi connectivity index (χ0v) is 14.1. The van der Waals surface area contributed by atoms with Crippen molar-refractivity contribution in [1.82, 2.24) is 15.3 Å². The summed E-state index contributed by atoms with van der Waals surface area (Å²) in [6.07, 6.45) is 1.39. The molecule has 3 aromatic rings. The van der Waals surface area contributed by atoms with Crippen LogP contribution in [0, 0.1) is 0 Å². The van der Waals surface area contributed by atoms with E-state index in [-0.39, 0.29) is 18.1 Å². The Balaban J connectivity index is 1.62. The van der Waals surface area contributed by atoms with E-state index in [1.807, 2.05) is 36.4 Å². The summed E-state index contributed by atoms with van der Waals surface area (Å²) in [5.41, 5.74) is 2.15. The number of hydrogen-bond acceptors (Lipinski definition) is 4. The van der Waals surface area contributed by atoms with Crippen molar-refractivity contribution < 1.29 is 9.59 Å². The topological polar surface area (TPSA) is 84.0 Å². The molecule has 7 heteroatoms. The molecule has 24 heavy (non-hydrogen) atoms. The number of rotatable bonds is 4. The highest BCUT2D eigenvalue weighted by atomic mass is 79.9. The van der Waals surface area contributed by atoms with Crippen LogP contribution in [0.25, 0.3) is 11.0 Å². The number of para-hydroxylation sites is 3. The second-order valence-electron chi connectivity index (χ2n) is 4.95. The first-order valence-corrected chi connectivity index (χ1v) is 7.97. The minimum atomic E-state index is -0.449. The van der Waals surface area contributed by atoms with Gasteiger partial charge in [-0.05, 0) is 40.2 Å². The first-order valence-electron chi connectivity index (χ1n) is 7.18. The van der Waals surface area contributed by atoms with Gasteiger partial charge in [-0.2, -0.15) is 0 Å². The number of nitrogens with one attached hydrogen (secondary N) is 2. The number of anilines is 1. The van der Waals surface area contributed by atoms with Crippen LogP contribution in [0.4, 0.5) is 5.69 Å². The quantitative estimate of drug-likeness (QED) is 0.724. The smallest absolute Gasteiger partial charge is 0.271 e. The normalized spacial score (nSPS) is 10.4. The van der Waals surface area contributed by atoms with Crippen LogP contribution in [0.5, 0.6) is 0 Å². The Morgan fingerprint density at radius 1 is 1.00 bits per heavy atom. The van der Waals surface area contributed by atoms with Crippen LogP contribution >= 0.6 is 15.9 Å². The molecule has 0 aliphatic heterocycles. The van der Waals surface area contributed by atoms with E-state index in [2.05, 4.69) is 36.5 Å². The first-order chi connectivity index (χ1) is 11.6. The monoisotopic (exact) mass is 384 g/mol. The van der Waals surface area contributed by atoms with E-state index >= 15 is 0 Å². The highest BCUT2D eigenvalue weighted by Crippen LogP contribution is 2.20. The summed E-state index contributed by atoms with van der Waals surface area (Å²) in [7, 11) is 0.